The van der Waals surface area contributed by atoms with Crippen LogP contribution in [0.2, 0.25) is 0 Å². The van der Waals surface area contributed by atoms with E-state index in [4.69, 9.17) is 4.74 Å². The molecule has 0 N–H and O–H groups in total. The molecule has 0 unspecified atom stereocenters. The highest BCUT2D eigenvalue weighted by Gasteiger charge is 1.97. The van der Waals surface area contributed by atoms with Crippen molar-refractivity contribution in [3.63, 3.8) is 0 Å². The van der Waals surface area contributed by atoms with Crippen LogP contribution in [0.25, 0.3) is 0 Å². The van der Waals surface area contributed by atoms with Gasteiger partial charge in [0.1, 0.15) is 0 Å². The predicted octanol–water partition coefficient (Wildman–Crippen LogP) is 10.1. The van der Waals surface area contributed by atoms with Gasteiger partial charge in [-0.25, -0.2) is 0 Å². The minimum absolute atomic E-state index is 0.886. The van der Waals surface area contributed by atoms with Crippen molar-refractivity contribution >= 4 is 0 Å². The van der Waals surface area contributed by atoms with E-state index in [2.05, 4.69) is 27.7 Å². The molecule has 0 rings (SSSR count). The molecule has 0 heterocycles. The van der Waals surface area contributed by atoms with Crippen molar-refractivity contribution in [1.29, 1.82) is 0 Å². The molecule has 1 heteroatoms. The van der Waals surface area contributed by atoms with Crippen LogP contribution in [0, 0.1) is 11.8 Å². The van der Waals surface area contributed by atoms with E-state index in [0.29, 0.717) is 0 Å². The van der Waals surface area contributed by atoms with E-state index in [1.54, 1.807) is 0 Å². The molecular weight excluding hydrogens is 352 g/mol. The van der Waals surface area contributed by atoms with Crippen LogP contribution in [0.1, 0.15) is 156 Å². The topological polar surface area (TPSA) is 9.23 Å². The highest BCUT2D eigenvalue weighted by Crippen LogP contribution is 2.14. The number of hydrogen-bond donors (Lipinski definition) is 0. The van der Waals surface area contributed by atoms with Crippen LogP contribution in [-0.2, 0) is 4.74 Å². The molecule has 0 aromatic heterocycles. The van der Waals surface area contributed by atoms with Crippen molar-refractivity contribution in [2.75, 3.05) is 13.2 Å². The number of rotatable bonds is 24. The highest BCUT2D eigenvalue weighted by molar-refractivity contribution is 4.51. The van der Waals surface area contributed by atoms with Gasteiger partial charge in [0.2, 0.25) is 0 Å². The van der Waals surface area contributed by atoms with Gasteiger partial charge in [-0.3, -0.25) is 0 Å². The quantitative estimate of drug-likeness (QED) is 0.144. The average Bonchev–Trinajstić information content (AvgIpc) is 2.68. The maximum atomic E-state index is 5.82. The Hall–Kier alpha value is -0.0400. The monoisotopic (exact) mass is 410 g/mol. The first-order valence-electron chi connectivity index (χ1n) is 13.7. The first kappa shape index (κ1) is 29.0. The summed E-state index contributed by atoms with van der Waals surface area (Å²) < 4.78 is 5.82. The van der Waals surface area contributed by atoms with Gasteiger partial charge in [-0.05, 0) is 24.7 Å². The molecule has 0 aromatic rings. The molecule has 0 bridgehead atoms. The zero-order chi connectivity index (χ0) is 21.4. The Bertz CT molecular complexity index is 256. The molecule has 0 aliphatic heterocycles. The SMILES string of the molecule is CC(C)CCCCCCCCCCCOCCCCCCCCCCCC(C)C. The zero-order valence-electron chi connectivity index (χ0n) is 21.1. The van der Waals surface area contributed by atoms with Crippen molar-refractivity contribution in [3.8, 4) is 0 Å². The van der Waals surface area contributed by atoms with Crippen molar-refractivity contribution < 1.29 is 4.74 Å². The fraction of sp³-hybridized carbons (Fsp3) is 1.00. The van der Waals surface area contributed by atoms with Gasteiger partial charge in [0.25, 0.3) is 0 Å². The lowest BCUT2D eigenvalue weighted by atomic mass is 10.0. The number of unbranched alkanes of at least 4 members (excludes halogenated alkanes) is 16. The standard InChI is InChI=1S/C28H58O/c1-27(2)23-19-15-11-7-5-9-13-17-21-25-29-26-22-18-14-10-6-8-12-16-20-24-28(3)4/h27-28H,5-26H2,1-4H3. The van der Waals surface area contributed by atoms with E-state index in [0.717, 1.165) is 25.0 Å². The predicted molar refractivity (Wildman–Crippen MR) is 133 cm³/mol. The molecule has 176 valence electrons. The Morgan fingerprint density at radius 1 is 0.345 bits per heavy atom. The second kappa shape index (κ2) is 24.2. The molecule has 1 nitrogen and oxygen atoms in total. The Kier molecular flexibility index (Phi) is 24.2. The van der Waals surface area contributed by atoms with Crippen LogP contribution in [0.4, 0.5) is 0 Å². The molecule has 0 aliphatic carbocycles. The van der Waals surface area contributed by atoms with Gasteiger partial charge in [-0.1, -0.05) is 143 Å². The fourth-order valence-corrected chi connectivity index (χ4v) is 4.09. The molecule has 0 spiro atoms. The fourth-order valence-electron chi connectivity index (χ4n) is 4.09. The summed E-state index contributed by atoms with van der Waals surface area (Å²) in [4.78, 5) is 0. The van der Waals surface area contributed by atoms with Crippen LogP contribution in [0.5, 0.6) is 0 Å². The van der Waals surface area contributed by atoms with Crippen LogP contribution in [0.3, 0.4) is 0 Å². The van der Waals surface area contributed by atoms with Gasteiger partial charge >= 0.3 is 0 Å². The van der Waals surface area contributed by atoms with E-state index >= 15 is 0 Å². The zero-order valence-corrected chi connectivity index (χ0v) is 21.1. The Balaban J connectivity index is 3.00. The van der Waals surface area contributed by atoms with E-state index < -0.39 is 0 Å². The molecular formula is C28H58O. The first-order chi connectivity index (χ1) is 14.1. The molecule has 0 fully saturated rings. The summed E-state index contributed by atoms with van der Waals surface area (Å²) in [6.45, 7) is 11.3. The maximum absolute atomic E-state index is 5.82. The largest absolute Gasteiger partial charge is 0.381 e. The van der Waals surface area contributed by atoms with Crippen molar-refractivity contribution in [3.05, 3.63) is 0 Å². The third-order valence-corrected chi connectivity index (χ3v) is 6.14. The summed E-state index contributed by atoms with van der Waals surface area (Å²) in [6.07, 6.45) is 28.3. The van der Waals surface area contributed by atoms with E-state index in [-0.39, 0.29) is 0 Å². The second-order valence-corrected chi connectivity index (χ2v) is 10.3. The van der Waals surface area contributed by atoms with E-state index in [9.17, 15) is 0 Å². The van der Waals surface area contributed by atoms with E-state index in [1.165, 1.54) is 128 Å². The molecule has 0 saturated heterocycles. The van der Waals surface area contributed by atoms with Gasteiger partial charge in [-0.15, -0.1) is 0 Å². The lowest BCUT2D eigenvalue weighted by molar-refractivity contribution is 0.125. The first-order valence-corrected chi connectivity index (χ1v) is 13.7. The lowest BCUT2D eigenvalue weighted by Gasteiger charge is -2.06. The van der Waals surface area contributed by atoms with Crippen molar-refractivity contribution in [2.24, 2.45) is 11.8 Å². The number of ether oxygens (including phenoxy) is 1. The smallest absolute Gasteiger partial charge is 0.0466 e. The highest BCUT2D eigenvalue weighted by atomic mass is 16.5. The third-order valence-electron chi connectivity index (χ3n) is 6.14. The molecule has 0 radical (unpaired) electrons. The third kappa shape index (κ3) is 28.0. The van der Waals surface area contributed by atoms with Gasteiger partial charge in [0, 0.05) is 13.2 Å². The summed E-state index contributed by atoms with van der Waals surface area (Å²) in [5.74, 6) is 1.77. The summed E-state index contributed by atoms with van der Waals surface area (Å²) in [7, 11) is 0. The summed E-state index contributed by atoms with van der Waals surface area (Å²) >= 11 is 0. The van der Waals surface area contributed by atoms with Crippen LogP contribution >= 0.6 is 0 Å². The van der Waals surface area contributed by atoms with Crippen molar-refractivity contribution in [2.45, 2.75) is 156 Å². The van der Waals surface area contributed by atoms with Gasteiger partial charge < -0.3 is 4.74 Å². The molecule has 0 saturated carbocycles. The van der Waals surface area contributed by atoms with Gasteiger partial charge in [0.15, 0.2) is 0 Å². The normalized spacial score (nSPS) is 11.8. The molecule has 0 aromatic carbocycles. The van der Waals surface area contributed by atoms with E-state index in [1.807, 2.05) is 0 Å². The minimum Gasteiger partial charge on any atom is -0.381 e. The van der Waals surface area contributed by atoms with Crippen LogP contribution in [0.15, 0.2) is 0 Å². The molecule has 0 amide bonds. The maximum Gasteiger partial charge on any atom is 0.0466 e. The lowest BCUT2D eigenvalue weighted by Crippen LogP contribution is -1.97. The molecule has 0 atom stereocenters. The summed E-state index contributed by atoms with van der Waals surface area (Å²) in [5.41, 5.74) is 0. The number of hydrogen-bond acceptors (Lipinski definition) is 1. The second-order valence-electron chi connectivity index (χ2n) is 10.3. The van der Waals surface area contributed by atoms with Gasteiger partial charge in [0.05, 0.1) is 0 Å². The summed E-state index contributed by atoms with van der Waals surface area (Å²) in [6, 6.07) is 0. The summed E-state index contributed by atoms with van der Waals surface area (Å²) in [5, 5.41) is 0. The van der Waals surface area contributed by atoms with Gasteiger partial charge in [-0.2, -0.15) is 0 Å². The average molecular weight is 411 g/mol. The molecule has 29 heavy (non-hydrogen) atoms. The minimum atomic E-state index is 0.886. The Morgan fingerprint density at radius 2 is 0.586 bits per heavy atom. The van der Waals surface area contributed by atoms with Crippen LogP contribution in [-0.4, -0.2) is 13.2 Å². The Morgan fingerprint density at radius 3 is 0.862 bits per heavy atom. The molecule has 0 aliphatic rings. The van der Waals surface area contributed by atoms with Crippen molar-refractivity contribution in [1.82, 2.24) is 0 Å². The Labute approximate surface area is 186 Å². The van der Waals surface area contributed by atoms with Crippen LogP contribution < -0.4 is 0 Å².